The highest BCUT2D eigenvalue weighted by molar-refractivity contribution is 5.90. The number of nitrogens with one attached hydrogen (secondary N) is 1. The molecule has 86 valence electrons. The number of hydrogen-bond acceptors (Lipinski definition) is 3. The highest BCUT2D eigenvalue weighted by Crippen LogP contribution is 2.38. The fourth-order valence-corrected chi connectivity index (χ4v) is 1.96. The van der Waals surface area contributed by atoms with E-state index in [4.69, 9.17) is 14.6 Å². The van der Waals surface area contributed by atoms with Crippen LogP contribution in [0.2, 0.25) is 0 Å². The van der Waals surface area contributed by atoms with Gasteiger partial charge < -0.3 is 19.6 Å². The van der Waals surface area contributed by atoms with Gasteiger partial charge in [-0.3, -0.25) is 0 Å². The molecule has 0 aliphatic carbocycles. The van der Waals surface area contributed by atoms with E-state index in [0.717, 1.165) is 27.9 Å². The highest BCUT2D eigenvalue weighted by atomic mass is 16.5. The molecule has 0 atom stereocenters. The Hall–Kier alpha value is -1.68. The largest absolute Gasteiger partial charge is 0.493 e. The average Bonchev–Trinajstić information content (AvgIpc) is 2.69. The van der Waals surface area contributed by atoms with E-state index in [2.05, 4.69) is 4.98 Å². The van der Waals surface area contributed by atoms with Crippen molar-refractivity contribution in [2.75, 3.05) is 14.2 Å². The molecule has 0 fully saturated rings. The number of aromatic amines is 1. The third-order valence-electron chi connectivity index (χ3n) is 2.65. The minimum absolute atomic E-state index is 0.0147. The van der Waals surface area contributed by atoms with E-state index in [1.54, 1.807) is 14.2 Å². The van der Waals surface area contributed by atoms with Crippen LogP contribution in [0.1, 0.15) is 11.3 Å². The first-order valence-electron chi connectivity index (χ1n) is 5.05. The van der Waals surface area contributed by atoms with E-state index < -0.39 is 0 Å². The van der Waals surface area contributed by atoms with Crippen LogP contribution in [0.15, 0.2) is 12.1 Å². The van der Waals surface area contributed by atoms with Crippen molar-refractivity contribution in [3.8, 4) is 11.5 Å². The van der Waals surface area contributed by atoms with Crippen molar-refractivity contribution in [2.24, 2.45) is 0 Å². The number of rotatable bonds is 3. The summed E-state index contributed by atoms with van der Waals surface area (Å²) >= 11 is 0. The fraction of sp³-hybridized carbons (Fsp3) is 0.333. The summed E-state index contributed by atoms with van der Waals surface area (Å²) in [4.78, 5) is 3.13. The van der Waals surface area contributed by atoms with Gasteiger partial charge in [-0.2, -0.15) is 0 Å². The monoisotopic (exact) mass is 221 g/mol. The van der Waals surface area contributed by atoms with Crippen molar-refractivity contribution in [3.05, 3.63) is 23.4 Å². The summed E-state index contributed by atoms with van der Waals surface area (Å²) in [6.45, 7) is 1.94. The van der Waals surface area contributed by atoms with E-state index >= 15 is 0 Å². The molecular formula is C12H15NO3. The number of fused-ring (bicyclic) bond motifs is 1. The lowest BCUT2D eigenvalue weighted by atomic mass is 10.1. The first-order valence-corrected chi connectivity index (χ1v) is 5.05. The zero-order valence-corrected chi connectivity index (χ0v) is 9.63. The Labute approximate surface area is 93.8 Å². The normalized spacial score (nSPS) is 10.8. The minimum atomic E-state index is -0.0147. The Bertz CT molecular complexity index is 516. The number of aliphatic hydroxyl groups excluding tert-OH is 1. The molecule has 1 heterocycles. The molecule has 16 heavy (non-hydrogen) atoms. The zero-order chi connectivity index (χ0) is 11.7. The SMILES string of the molecule is COc1c(C)cc2[nH]c(CO)cc2c1OC. The molecule has 0 amide bonds. The summed E-state index contributed by atoms with van der Waals surface area (Å²) in [6, 6.07) is 3.85. The Balaban J connectivity index is 2.77. The lowest BCUT2D eigenvalue weighted by Crippen LogP contribution is -1.93. The number of hydrogen-bond donors (Lipinski definition) is 2. The van der Waals surface area contributed by atoms with Crippen molar-refractivity contribution in [3.63, 3.8) is 0 Å². The van der Waals surface area contributed by atoms with Crippen LogP contribution in [-0.4, -0.2) is 24.3 Å². The van der Waals surface area contributed by atoms with Gasteiger partial charge in [0.25, 0.3) is 0 Å². The second-order valence-corrected chi connectivity index (χ2v) is 3.67. The molecule has 1 aromatic heterocycles. The molecule has 0 saturated heterocycles. The van der Waals surface area contributed by atoms with Gasteiger partial charge in [-0.25, -0.2) is 0 Å². The van der Waals surface area contributed by atoms with E-state index in [0.29, 0.717) is 5.75 Å². The number of ether oxygens (including phenoxy) is 2. The number of benzene rings is 1. The van der Waals surface area contributed by atoms with Crippen LogP contribution in [0.25, 0.3) is 10.9 Å². The summed E-state index contributed by atoms with van der Waals surface area (Å²) in [5, 5.41) is 10.0. The van der Waals surface area contributed by atoms with Crippen LogP contribution in [0, 0.1) is 6.92 Å². The van der Waals surface area contributed by atoms with Crippen LogP contribution >= 0.6 is 0 Å². The van der Waals surface area contributed by atoms with Gasteiger partial charge in [0.05, 0.1) is 20.8 Å². The molecule has 0 unspecified atom stereocenters. The zero-order valence-electron chi connectivity index (χ0n) is 9.63. The fourth-order valence-electron chi connectivity index (χ4n) is 1.96. The molecule has 4 heteroatoms. The summed E-state index contributed by atoms with van der Waals surface area (Å²) < 4.78 is 10.7. The molecule has 0 bridgehead atoms. The third-order valence-corrected chi connectivity index (χ3v) is 2.65. The van der Waals surface area contributed by atoms with Crippen LogP contribution in [-0.2, 0) is 6.61 Å². The van der Waals surface area contributed by atoms with E-state index in [1.807, 2.05) is 19.1 Å². The number of methoxy groups -OCH3 is 2. The smallest absolute Gasteiger partial charge is 0.170 e. The lowest BCUT2D eigenvalue weighted by molar-refractivity contribution is 0.278. The number of aryl methyl sites for hydroxylation is 1. The predicted octanol–water partition coefficient (Wildman–Crippen LogP) is 1.99. The van der Waals surface area contributed by atoms with Crippen molar-refractivity contribution < 1.29 is 14.6 Å². The Kier molecular flexibility index (Phi) is 2.75. The van der Waals surface area contributed by atoms with E-state index in [-0.39, 0.29) is 6.61 Å². The van der Waals surface area contributed by atoms with Gasteiger partial charge in [0.2, 0.25) is 0 Å². The Morgan fingerprint density at radius 2 is 1.88 bits per heavy atom. The first-order chi connectivity index (χ1) is 7.71. The molecule has 0 saturated carbocycles. The molecule has 0 radical (unpaired) electrons. The van der Waals surface area contributed by atoms with Gasteiger partial charge in [0.15, 0.2) is 11.5 Å². The number of H-pyrrole nitrogens is 1. The van der Waals surface area contributed by atoms with Gasteiger partial charge in [0.1, 0.15) is 0 Å². The summed E-state index contributed by atoms with van der Waals surface area (Å²) in [7, 11) is 3.23. The Morgan fingerprint density at radius 1 is 1.19 bits per heavy atom. The van der Waals surface area contributed by atoms with Gasteiger partial charge in [-0.15, -0.1) is 0 Å². The molecule has 2 aromatic rings. The maximum atomic E-state index is 9.09. The van der Waals surface area contributed by atoms with Gasteiger partial charge in [-0.05, 0) is 24.6 Å². The van der Waals surface area contributed by atoms with Gasteiger partial charge >= 0.3 is 0 Å². The molecule has 0 spiro atoms. The average molecular weight is 221 g/mol. The molecule has 2 rings (SSSR count). The first kappa shape index (κ1) is 10.8. The highest BCUT2D eigenvalue weighted by Gasteiger charge is 2.14. The standard InChI is InChI=1S/C12H15NO3/c1-7-4-10-9(5-8(6-14)13-10)12(16-3)11(7)15-2/h4-5,13-14H,6H2,1-3H3. The van der Waals surface area contributed by atoms with Crippen LogP contribution in [0.5, 0.6) is 11.5 Å². The van der Waals surface area contributed by atoms with Gasteiger partial charge in [0, 0.05) is 16.6 Å². The molecule has 0 aliphatic rings. The molecule has 4 nitrogen and oxygen atoms in total. The van der Waals surface area contributed by atoms with E-state index in [9.17, 15) is 0 Å². The number of aliphatic hydroxyl groups is 1. The molecular weight excluding hydrogens is 206 g/mol. The third kappa shape index (κ3) is 1.51. The summed E-state index contributed by atoms with van der Waals surface area (Å²) in [5.41, 5.74) is 2.71. The van der Waals surface area contributed by atoms with Crippen molar-refractivity contribution >= 4 is 10.9 Å². The maximum absolute atomic E-state index is 9.09. The second kappa shape index (κ2) is 4.06. The van der Waals surface area contributed by atoms with Crippen molar-refractivity contribution in [2.45, 2.75) is 13.5 Å². The van der Waals surface area contributed by atoms with Crippen molar-refractivity contribution in [1.29, 1.82) is 0 Å². The quantitative estimate of drug-likeness (QED) is 0.833. The van der Waals surface area contributed by atoms with Crippen LogP contribution in [0.4, 0.5) is 0 Å². The molecule has 0 aliphatic heterocycles. The van der Waals surface area contributed by atoms with Gasteiger partial charge in [-0.1, -0.05) is 0 Å². The lowest BCUT2D eigenvalue weighted by Gasteiger charge is -2.11. The summed E-state index contributed by atoms with van der Waals surface area (Å²) in [5.74, 6) is 1.44. The second-order valence-electron chi connectivity index (χ2n) is 3.67. The predicted molar refractivity (Wildman–Crippen MR) is 62.1 cm³/mol. The molecule has 2 N–H and O–H groups in total. The minimum Gasteiger partial charge on any atom is -0.493 e. The summed E-state index contributed by atoms with van der Waals surface area (Å²) in [6.07, 6.45) is 0. The van der Waals surface area contributed by atoms with Crippen LogP contribution < -0.4 is 9.47 Å². The maximum Gasteiger partial charge on any atom is 0.170 e. The van der Waals surface area contributed by atoms with E-state index in [1.165, 1.54) is 0 Å². The topological polar surface area (TPSA) is 54.5 Å². The van der Waals surface area contributed by atoms with Crippen molar-refractivity contribution in [1.82, 2.24) is 4.98 Å². The molecule has 1 aromatic carbocycles. The number of aromatic nitrogens is 1. The van der Waals surface area contributed by atoms with Crippen LogP contribution in [0.3, 0.4) is 0 Å². The Morgan fingerprint density at radius 3 is 2.44 bits per heavy atom.